The highest BCUT2D eigenvalue weighted by Crippen LogP contribution is 2.32. The van der Waals surface area contributed by atoms with Gasteiger partial charge in [-0.3, -0.25) is 9.59 Å². The maximum absolute atomic E-state index is 13.3. The molecule has 31 heavy (non-hydrogen) atoms. The van der Waals surface area contributed by atoms with Gasteiger partial charge in [0.05, 0.1) is 0 Å². The van der Waals surface area contributed by atoms with Gasteiger partial charge < -0.3 is 24.3 Å². The first-order chi connectivity index (χ1) is 15.1. The molecule has 3 aromatic rings. The Bertz CT molecular complexity index is 1060. The third-order valence-electron chi connectivity index (χ3n) is 5.57. The molecule has 1 aliphatic rings. The Balaban J connectivity index is 1.56. The van der Waals surface area contributed by atoms with Crippen molar-refractivity contribution >= 4 is 28.5 Å². The monoisotopic (exact) mass is 421 g/mol. The number of carbonyl (C=O) groups excluding carboxylic acids is 2. The van der Waals surface area contributed by atoms with Crippen LogP contribution in [0.1, 0.15) is 24.4 Å². The summed E-state index contributed by atoms with van der Waals surface area (Å²) in [5, 5.41) is 3.57. The second kappa shape index (κ2) is 9.22. The number of ether oxygens (including phenoxy) is 1. The fourth-order valence-corrected chi connectivity index (χ4v) is 3.71. The highest BCUT2D eigenvalue weighted by molar-refractivity contribution is 6.11. The number of rotatable bonds is 6. The van der Waals surface area contributed by atoms with Gasteiger partial charge in [-0.05, 0) is 37.7 Å². The zero-order valence-electron chi connectivity index (χ0n) is 17.8. The van der Waals surface area contributed by atoms with Crippen molar-refractivity contribution in [1.29, 1.82) is 0 Å². The molecule has 2 aromatic carbocycles. The minimum absolute atomic E-state index is 0.159. The number of nitrogens with one attached hydrogen (secondary N) is 1. The summed E-state index contributed by atoms with van der Waals surface area (Å²) in [6.07, 6.45) is -0.743. The van der Waals surface area contributed by atoms with Gasteiger partial charge in [-0.15, -0.1) is 0 Å². The van der Waals surface area contributed by atoms with Crippen LogP contribution in [0.5, 0.6) is 5.75 Å². The maximum Gasteiger partial charge on any atom is 0.291 e. The number of nitrogens with zero attached hydrogens (tertiary/aromatic N) is 2. The second-order valence-corrected chi connectivity index (χ2v) is 7.59. The Morgan fingerprint density at radius 2 is 1.71 bits per heavy atom. The lowest BCUT2D eigenvalue weighted by molar-refractivity contribution is -0.122. The van der Waals surface area contributed by atoms with Crippen molar-refractivity contribution in [3.05, 3.63) is 60.4 Å². The summed E-state index contributed by atoms with van der Waals surface area (Å²) in [6, 6.07) is 16.5. The van der Waals surface area contributed by atoms with Gasteiger partial charge in [-0.1, -0.05) is 37.3 Å². The van der Waals surface area contributed by atoms with Crippen LogP contribution in [0, 0.1) is 0 Å². The Kier molecular flexibility index (Phi) is 6.23. The maximum atomic E-state index is 13.3. The number of para-hydroxylation sites is 2. The van der Waals surface area contributed by atoms with E-state index in [9.17, 15) is 9.59 Å². The Hall–Kier alpha value is -3.32. The molecule has 7 nitrogen and oxygen atoms in total. The summed E-state index contributed by atoms with van der Waals surface area (Å²) in [5.74, 6) is 0.206. The first kappa shape index (κ1) is 20.9. The van der Waals surface area contributed by atoms with Crippen molar-refractivity contribution in [3.63, 3.8) is 0 Å². The number of hydrogen-bond donors (Lipinski definition) is 1. The molecule has 2 heterocycles. The average molecular weight is 421 g/mol. The number of furan rings is 1. The van der Waals surface area contributed by atoms with Crippen molar-refractivity contribution in [2.45, 2.75) is 20.0 Å². The summed E-state index contributed by atoms with van der Waals surface area (Å²) < 4.78 is 11.6. The molecule has 1 N–H and O–H groups in total. The van der Waals surface area contributed by atoms with E-state index < -0.39 is 6.10 Å². The lowest BCUT2D eigenvalue weighted by Crippen LogP contribution is -2.48. The van der Waals surface area contributed by atoms with Crippen molar-refractivity contribution in [1.82, 2.24) is 9.80 Å². The highest BCUT2D eigenvalue weighted by Gasteiger charge is 2.29. The van der Waals surface area contributed by atoms with E-state index >= 15 is 0 Å². The van der Waals surface area contributed by atoms with Gasteiger partial charge >= 0.3 is 0 Å². The molecule has 0 unspecified atom stereocenters. The molecular weight excluding hydrogens is 394 g/mol. The lowest BCUT2D eigenvalue weighted by atomic mass is 10.2. The first-order valence-corrected chi connectivity index (χ1v) is 10.6. The van der Waals surface area contributed by atoms with Gasteiger partial charge in [0.1, 0.15) is 17.0 Å². The van der Waals surface area contributed by atoms with Crippen LogP contribution in [0.15, 0.2) is 59.0 Å². The van der Waals surface area contributed by atoms with Crippen LogP contribution in [0.3, 0.4) is 0 Å². The summed E-state index contributed by atoms with van der Waals surface area (Å²) in [4.78, 5) is 30.2. The van der Waals surface area contributed by atoms with Gasteiger partial charge in [0, 0.05) is 31.6 Å². The topological polar surface area (TPSA) is 75.0 Å². The van der Waals surface area contributed by atoms with E-state index in [-0.39, 0.29) is 17.6 Å². The number of piperazine rings is 1. The highest BCUT2D eigenvalue weighted by atomic mass is 16.5. The molecule has 0 bridgehead atoms. The van der Waals surface area contributed by atoms with E-state index in [0.717, 1.165) is 19.6 Å². The standard InChI is InChI=1S/C24H27N3O4/c1-3-26-13-15-27(16-14-26)24(29)22-21(19-11-7-8-12-20(19)31-22)25-23(28)17(2)30-18-9-5-4-6-10-18/h4-12,17H,3,13-16H2,1-2H3,(H,25,28)/t17-/m1/s1. The van der Waals surface area contributed by atoms with Gasteiger partial charge in [0.25, 0.3) is 11.8 Å². The number of benzene rings is 2. The fourth-order valence-electron chi connectivity index (χ4n) is 3.71. The van der Waals surface area contributed by atoms with E-state index in [1.54, 1.807) is 30.0 Å². The molecule has 1 fully saturated rings. The average Bonchev–Trinajstić information content (AvgIpc) is 3.17. The number of likely N-dealkylation sites (N-methyl/N-ethyl adjacent to an activating group) is 1. The summed E-state index contributed by atoms with van der Waals surface area (Å²) in [5.41, 5.74) is 0.956. The molecule has 0 spiro atoms. The van der Waals surface area contributed by atoms with E-state index in [4.69, 9.17) is 9.15 Å². The molecule has 0 saturated carbocycles. The predicted molar refractivity (Wildman–Crippen MR) is 119 cm³/mol. The lowest BCUT2D eigenvalue weighted by Gasteiger charge is -2.33. The predicted octanol–water partition coefficient (Wildman–Crippen LogP) is 3.62. The van der Waals surface area contributed by atoms with E-state index in [0.29, 0.717) is 35.5 Å². The molecule has 1 aliphatic heterocycles. The van der Waals surface area contributed by atoms with Crippen LogP contribution in [-0.4, -0.2) is 60.4 Å². The van der Waals surface area contributed by atoms with Gasteiger partial charge in [0.15, 0.2) is 6.10 Å². The molecule has 7 heteroatoms. The third-order valence-corrected chi connectivity index (χ3v) is 5.57. The molecule has 1 aromatic heterocycles. The number of hydrogen-bond acceptors (Lipinski definition) is 5. The summed E-state index contributed by atoms with van der Waals surface area (Å²) in [6.45, 7) is 7.67. The molecule has 0 radical (unpaired) electrons. The van der Waals surface area contributed by atoms with Crippen LogP contribution in [0.25, 0.3) is 11.0 Å². The second-order valence-electron chi connectivity index (χ2n) is 7.59. The Morgan fingerprint density at radius 1 is 1.03 bits per heavy atom. The fraction of sp³-hybridized carbons (Fsp3) is 0.333. The summed E-state index contributed by atoms with van der Waals surface area (Å²) in [7, 11) is 0. The molecule has 2 amide bonds. The molecular formula is C24H27N3O4. The SMILES string of the molecule is CCN1CCN(C(=O)c2oc3ccccc3c2NC(=O)[C@@H](C)Oc2ccccc2)CC1. The van der Waals surface area contributed by atoms with E-state index in [1.165, 1.54) is 0 Å². The first-order valence-electron chi connectivity index (χ1n) is 10.6. The largest absolute Gasteiger partial charge is 0.481 e. The van der Waals surface area contributed by atoms with Crippen LogP contribution in [0.4, 0.5) is 5.69 Å². The van der Waals surface area contributed by atoms with Crippen molar-refractivity contribution in [3.8, 4) is 5.75 Å². The zero-order chi connectivity index (χ0) is 21.8. The number of fused-ring (bicyclic) bond motifs is 1. The van der Waals surface area contributed by atoms with E-state index in [1.807, 2.05) is 36.4 Å². The number of carbonyl (C=O) groups is 2. The van der Waals surface area contributed by atoms with Crippen molar-refractivity contribution in [2.24, 2.45) is 0 Å². The number of amides is 2. The summed E-state index contributed by atoms with van der Waals surface area (Å²) >= 11 is 0. The van der Waals surface area contributed by atoms with E-state index in [2.05, 4.69) is 17.1 Å². The zero-order valence-corrected chi connectivity index (χ0v) is 17.8. The smallest absolute Gasteiger partial charge is 0.291 e. The molecule has 1 saturated heterocycles. The van der Waals surface area contributed by atoms with Crippen molar-refractivity contribution < 1.29 is 18.7 Å². The van der Waals surface area contributed by atoms with Gasteiger partial charge in [-0.25, -0.2) is 0 Å². The minimum Gasteiger partial charge on any atom is -0.481 e. The Labute approximate surface area is 181 Å². The third kappa shape index (κ3) is 4.56. The molecule has 4 rings (SSSR count). The van der Waals surface area contributed by atoms with Crippen LogP contribution >= 0.6 is 0 Å². The molecule has 1 atom stereocenters. The quantitative estimate of drug-likeness (QED) is 0.658. The normalized spacial score (nSPS) is 15.6. The van der Waals surface area contributed by atoms with Crippen LogP contribution in [-0.2, 0) is 4.79 Å². The molecule has 0 aliphatic carbocycles. The minimum atomic E-state index is -0.743. The number of anilines is 1. The van der Waals surface area contributed by atoms with Crippen LogP contribution < -0.4 is 10.1 Å². The van der Waals surface area contributed by atoms with Gasteiger partial charge in [0.2, 0.25) is 5.76 Å². The van der Waals surface area contributed by atoms with Gasteiger partial charge in [-0.2, -0.15) is 0 Å². The van der Waals surface area contributed by atoms with Crippen LogP contribution in [0.2, 0.25) is 0 Å². The van der Waals surface area contributed by atoms with Crippen molar-refractivity contribution in [2.75, 3.05) is 38.0 Å². The Morgan fingerprint density at radius 3 is 2.42 bits per heavy atom. The molecule has 162 valence electrons.